The summed E-state index contributed by atoms with van der Waals surface area (Å²) in [5.41, 5.74) is 2.63. The molecule has 30 heavy (non-hydrogen) atoms. The molecular formula is C25H19NO4. The van der Waals surface area contributed by atoms with Gasteiger partial charge < -0.3 is 9.15 Å². The molecule has 0 radical (unpaired) electrons. The number of hydrogen-bond donors (Lipinski definition) is 0. The molecule has 0 saturated carbocycles. The highest BCUT2D eigenvalue weighted by Gasteiger charge is 2.23. The number of nitrogens with zero attached hydrogens (tertiary/aromatic N) is 1. The van der Waals surface area contributed by atoms with Gasteiger partial charge in [0.25, 0.3) is 0 Å². The second-order valence-electron chi connectivity index (χ2n) is 6.75. The van der Waals surface area contributed by atoms with Gasteiger partial charge in [0.2, 0.25) is 0 Å². The maximum Gasteiger partial charge on any atom is 0.195 e. The van der Waals surface area contributed by atoms with Gasteiger partial charge in [0, 0.05) is 22.4 Å². The van der Waals surface area contributed by atoms with Crippen LogP contribution in [0.2, 0.25) is 0 Å². The molecule has 0 aliphatic carbocycles. The van der Waals surface area contributed by atoms with Crippen LogP contribution in [0.1, 0.15) is 37.5 Å². The number of methoxy groups -OCH3 is 1. The van der Waals surface area contributed by atoms with E-state index in [2.05, 4.69) is 4.98 Å². The number of ether oxygens (including phenoxy) is 1. The van der Waals surface area contributed by atoms with Gasteiger partial charge in [-0.3, -0.25) is 9.59 Å². The van der Waals surface area contributed by atoms with E-state index in [-0.39, 0.29) is 11.6 Å². The summed E-state index contributed by atoms with van der Waals surface area (Å²) in [4.78, 5) is 31.0. The number of benzene rings is 2. The van der Waals surface area contributed by atoms with Crippen LogP contribution in [0.3, 0.4) is 0 Å². The molecule has 0 N–H and O–H groups in total. The Morgan fingerprint density at radius 1 is 0.833 bits per heavy atom. The number of hydrogen-bond acceptors (Lipinski definition) is 5. The van der Waals surface area contributed by atoms with Gasteiger partial charge in [-0.1, -0.05) is 30.3 Å². The highest BCUT2D eigenvalue weighted by Crippen LogP contribution is 2.28. The van der Waals surface area contributed by atoms with Gasteiger partial charge in [-0.2, -0.15) is 0 Å². The fourth-order valence-electron chi connectivity index (χ4n) is 3.25. The van der Waals surface area contributed by atoms with Crippen molar-refractivity contribution in [3.63, 3.8) is 0 Å². The predicted molar refractivity (Wildman–Crippen MR) is 113 cm³/mol. The van der Waals surface area contributed by atoms with E-state index in [1.807, 2.05) is 6.07 Å². The van der Waals surface area contributed by atoms with Crippen molar-refractivity contribution in [2.75, 3.05) is 7.11 Å². The minimum absolute atomic E-state index is 0.185. The molecule has 5 heteroatoms. The van der Waals surface area contributed by atoms with Crippen molar-refractivity contribution in [3.8, 4) is 17.2 Å². The summed E-state index contributed by atoms with van der Waals surface area (Å²) < 4.78 is 10.7. The lowest BCUT2D eigenvalue weighted by molar-refractivity contribution is 0.103. The van der Waals surface area contributed by atoms with Gasteiger partial charge in [-0.15, -0.1) is 0 Å². The van der Waals surface area contributed by atoms with Crippen molar-refractivity contribution in [1.82, 2.24) is 4.98 Å². The van der Waals surface area contributed by atoms with Crippen LogP contribution in [0.15, 0.2) is 83.5 Å². The van der Waals surface area contributed by atoms with Crippen LogP contribution in [0.4, 0.5) is 0 Å². The molecule has 4 rings (SSSR count). The normalized spacial score (nSPS) is 10.6. The van der Waals surface area contributed by atoms with Gasteiger partial charge in [-0.25, -0.2) is 4.98 Å². The molecule has 0 fully saturated rings. The van der Waals surface area contributed by atoms with Gasteiger partial charge >= 0.3 is 0 Å². The zero-order valence-electron chi connectivity index (χ0n) is 16.6. The zero-order valence-corrected chi connectivity index (χ0v) is 16.6. The predicted octanol–water partition coefficient (Wildman–Crippen LogP) is 5.12. The van der Waals surface area contributed by atoms with Crippen molar-refractivity contribution in [1.29, 1.82) is 0 Å². The lowest BCUT2D eigenvalue weighted by Gasteiger charge is -2.12. The molecule has 0 bridgehead atoms. The van der Waals surface area contributed by atoms with Gasteiger partial charge in [0.15, 0.2) is 17.3 Å². The number of carbonyl (C=O) groups excluding carboxylic acids is 2. The van der Waals surface area contributed by atoms with E-state index in [1.165, 1.54) is 6.26 Å². The van der Waals surface area contributed by atoms with Crippen LogP contribution in [0.25, 0.3) is 11.5 Å². The van der Waals surface area contributed by atoms with E-state index in [9.17, 15) is 9.59 Å². The summed E-state index contributed by atoms with van der Waals surface area (Å²) in [5.74, 6) is 0.683. The first-order valence-corrected chi connectivity index (χ1v) is 9.42. The average molecular weight is 397 g/mol. The molecule has 148 valence electrons. The number of rotatable bonds is 6. The lowest BCUT2D eigenvalue weighted by atomic mass is 9.94. The highest BCUT2D eigenvalue weighted by molar-refractivity contribution is 6.15. The first kappa shape index (κ1) is 19.3. The molecule has 2 aromatic carbocycles. The molecule has 0 aliphatic rings. The number of aryl methyl sites for hydroxylation is 1. The Hall–Kier alpha value is -3.99. The number of carbonyl (C=O) groups is 2. The quantitative estimate of drug-likeness (QED) is 0.422. The Bertz CT molecular complexity index is 1190. The number of aromatic nitrogens is 1. The van der Waals surface area contributed by atoms with Crippen molar-refractivity contribution < 1.29 is 18.7 Å². The van der Waals surface area contributed by atoms with E-state index in [0.717, 1.165) is 0 Å². The first-order valence-electron chi connectivity index (χ1n) is 9.42. The largest absolute Gasteiger partial charge is 0.497 e. The van der Waals surface area contributed by atoms with E-state index in [0.29, 0.717) is 45.2 Å². The third kappa shape index (κ3) is 3.65. The topological polar surface area (TPSA) is 69.4 Å². The summed E-state index contributed by atoms with van der Waals surface area (Å²) in [6.07, 6.45) is 1.52. The van der Waals surface area contributed by atoms with Crippen LogP contribution in [0.5, 0.6) is 5.75 Å². The molecule has 2 heterocycles. The standard InChI is InChI=1S/C25H19NO4/c1-16-20(24(27)17-7-4-3-5-8-17)15-21(23(26-16)22-9-6-14-30-22)25(28)18-10-12-19(29-2)13-11-18/h3-15H,1-2H3. The molecule has 0 spiro atoms. The van der Waals surface area contributed by atoms with Crippen LogP contribution >= 0.6 is 0 Å². The molecule has 0 unspecified atom stereocenters. The number of furan rings is 1. The van der Waals surface area contributed by atoms with E-state index < -0.39 is 0 Å². The fourth-order valence-corrected chi connectivity index (χ4v) is 3.25. The van der Waals surface area contributed by atoms with Gasteiger partial charge in [-0.05, 0) is 49.4 Å². The summed E-state index contributed by atoms with van der Waals surface area (Å²) in [5, 5.41) is 0. The average Bonchev–Trinajstić information content (AvgIpc) is 3.33. The second-order valence-corrected chi connectivity index (χ2v) is 6.75. The minimum atomic E-state index is -0.251. The fraction of sp³-hybridized carbons (Fsp3) is 0.0800. The number of pyridine rings is 1. The monoisotopic (exact) mass is 397 g/mol. The molecular weight excluding hydrogens is 378 g/mol. The Morgan fingerprint density at radius 3 is 2.13 bits per heavy atom. The van der Waals surface area contributed by atoms with Crippen molar-refractivity contribution in [2.24, 2.45) is 0 Å². The Morgan fingerprint density at radius 2 is 1.50 bits per heavy atom. The van der Waals surface area contributed by atoms with E-state index in [4.69, 9.17) is 9.15 Å². The van der Waals surface area contributed by atoms with Crippen molar-refractivity contribution in [3.05, 3.63) is 107 Å². The third-order valence-electron chi connectivity index (χ3n) is 4.85. The van der Waals surface area contributed by atoms with Crippen molar-refractivity contribution in [2.45, 2.75) is 6.92 Å². The lowest BCUT2D eigenvalue weighted by Crippen LogP contribution is -2.12. The molecule has 0 aliphatic heterocycles. The second kappa shape index (κ2) is 8.17. The summed E-state index contributed by atoms with van der Waals surface area (Å²) in [6.45, 7) is 1.75. The van der Waals surface area contributed by atoms with E-state index >= 15 is 0 Å². The number of ketones is 2. The molecule has 5 nitrogen and oxygen atoms in total. The smallest absolute Gasteiger partial charge is 0.195 e. The highest BCUT2D eigenvalue weighted by atomic mass is 16.5. The zero-order chi connectivity index (χ0) is 21.1. The maximum atomic E-state index is 13.4. The van der Waals surface area contributed by atoms with Crippen LogP contribution in [-0.2, 0) is 0 Å². The SMILES string of the molecule is COc1ccc(C(=O)c2cc(C(=O)c3ccccc3)c(C)nc2-c2ccco2)cc1. The molecule has 2 aromatic heterocycles. The van der Waals surface area contributed by atoms with Gasteiger partial charge in [0.1, 0.15) is 11.4 Å². The van der Waals surface area contributed by atoms with Crippen LogP contribution in [-0.4, -0.2) is 23.7 Å². The maximum absolute atomic E-state index is 13.4. The summed E-state index contributed by atoms with van der Waals surface area (Å²) in [7, 11) is 1.57. The van der Waals surface area contributed by atoms with Crippen molar-refractivity contribution >= 4 is 11.6 Å². The third-order valence-corrected chi connectivity index (χ3v) is 4.85. The van der Waals surface area contributed by atoms with Gasteiger partial charge in [0.05, 0.1) is 18.9 Å². The minimum Gasteiger partial charge on any atom is -0.497 e. The Balaban J connectivity index is 1.85. The van der Waals surface area contributed by atoms with Crippen LogP contribution in [0, 0.1) is 6.92 Å². The van der Waals surface area contributed by atoms with E-state index in [1.54, 1.807) is 80.8 Å². The summed E-state index contributed by atoms with van der Waals surface area (Å²) >= 11 is 0. The molecule has 0 atom stereocenters. The van der Waals surface area contributed by atoms with Crippen LogP contribution < -0.4 is 4.74 Å². The summed E-state index contributed by atoms with van der Waals surface area (Å²) in [6, 6.07) is 20.8. The molecule has 0 saturated heterocycles. The molecule has 4 aromatic rings. The first-order chi connectivity index (χ1) is 14.6. The Labute approximate surface area is 174 Å². The Kier molecular flexibility index (Phi) is 5.26. The molecule has 0 amide bonds.